The summed E-state index contributed by atoms with van der Waals surface area (Å²) in [5.41, 5.74) is 4.78. The molecule has 0 fully saturated rings. The van der Waals surface area contributed by atoms with Gasteiger partial charge < -0.3 is 15.0 Å². The number of fused-ring (bicyclic) bond motifs is 1. The van der Waals surface area contributed by atoms with E-state index >= 15 is 0 Å². The number of hydrogen-bond acceptors (Lipinski definition) is 5. The van der Waals surface area contributed by atoms with E-state index in [0.717, 1.165) is 11.1 Å². The summed E-state index contributed by atoms with van der Waals surface area (Å²) >= 11 is 0. The molecule has 39 heavy (non-hydrogen) atoms. The molecule has 3 aromatic carbocycles. The maximum Gasteiger partial charge on any atom is 0.338 e. The Morgan fingerprint density at radius 3 is 2.44 bits per heavy atom. The number of anilines is 1. The Morgan fingerprint density at radius 2 is 1.74 bits per heavy atom. The van der Waals surface area contributed by atoms with Crippen molar-refractivity contribution in [3.05, 3.63) is 100.0 Å². The second-order valence-corrected chi connectivity index (χ2v) is 9.41. The van der Waals surface area contributed by atoms with Crippen LogP contribution in [-0.4, -0.2) is 37.3 Å². The molecule has 1 atom stereocenters. The van der Waals surface area contributed by atoms with Gasteiger partial charge in [-0.25, -0.2) is 14.5 Å². The fourth-order valence-electron chi connectivity index (χ4n) is 4.42. The van der Waals surface area contributed by atoms with Crippen molar-refractivity contribution in [2.45, 2.75) is 33.3 Å². The monoisotopic (exact) mass is 523 g/mol. The number of amides is 1. The Bertz CT molecular complexity index is 1730. The molecule has 198 valence electrons. The fraction of sp³-hybridized carbons (Fsp3) is 0.200. The van der Waals surface area contributed by atoms with Crippen LogP contribution in [0, 0.1) is 13.8 Å². The number of aromatic amines is 1. The summed E-state index contributed by atoms with van der Waals surface area (Å²) < 4.78 is 8.72. The first-order valence-electron chi connectivity index (χ1n) is 12.7. The van der Waals surface area contributed by atoms with Crippen LogP contribution in [0.15, 0.2) is 77.6 Å². The third-order valence-electron chi connectivity index (χ3n) is 6.76. The molecule has 9 heteroatoms. The van der Waals surface area contributed by atoms with E-state index in [1.807, 2.05) is 61.5 Å². The number of benzene rings is 3. The molecule has 1 unspecified atom stereocenters. The van der Waals surface area contributed by atoms with Crippen LogP contribution >= 0.6 is 0 Å². The van der Waals surface area contributed by atoms with Gasteiger partial charge in [-0.1, -0.05) is 55.0 Å². The summed E-state index contributed by atoms with van der Waals surface area (Å²) in [6.07, 6.45) is -0.845. The number of carbonyl (C=O) groups excluding carboxylic acids is 2. The quantitative estimate of drug-likeness (QED) is 0.295. The first-order chi connectivity index (χ1) is 18.8. The lowest BCUT2D eigenvalue weighted by atomic mass is 10.1. The molecule has 0 saturated heterocycles. The van der Waals surface area contributed by atoms with E-state index in [1.54, 1.807) is 43.8 Å². The summed E-state index contributed by atoms with van der Waals surface area (Å²) in [6, 6.07) is 22.1. The first kappa shape index (κ1) is 25.7. The van der Waals surface area contributed by atoms with Crippen LogP contribution in [-0.2, 0) is 16.6 Å². The Kier molecular flexibility index (Phi) is 6.89. The van der Waals surface area contributed by atoms with Crippen LogP contribution in [0.4, 0.5) is 5.69 Å². The van der Waals surface area contributed by atoms with Gasteiger partial charge in [0.15, 0.2) is 6.10 Å². The Labute approximate surface area is 225 Å². The van der Waals surface area contributed by atoms with E-state index in [1.165, 1.54) is 4.68 Å². The lowest BCUT2D eigenvalue weighted by Crippen LogP contribution is -2.33. The second kappa shape index (κ2) is 10.4. The molecule has 0 bridgehead atoms. The highest BCUT2D eigenvalue weighted by molar-refractivity contribution is 5.99. The highest BCUT2D eigenvalue weighted by Crippen LogP contribution is 2.23. The summed E-state index contributed by atoms with van der Waals surface area (Å²) in [6.45, 7) is 5.50. The topological polar surface area (TPSA) is 111 Å². The summed E-state index contributed by atoms with van der Waals surface area (Å²) in [7, 11) is 1.74. The molecule has 9 nitrogen and oxygen atoms in total. The minimum absolute atomic E-state index is 0.142. The highest BCUT2D eigenvalue weighted by atomic mass is 16.5. The molecule has 2 heterocycles. The minimum Gasteiger partial charge on any atom is -0.449 e. The standard InChI is InChI=1S/C30H29N5O4/c1-5-25(28(36)33-26-19(3)34(4)35(29(26)37)22-9-7-6-8-10-22)39-30(38)21-15-16-23-24(17-21)32-27(31-23)20-13-11-18(2)12-14-20/h6-17,25H,5H2,1-4H3,(H,31,32)(H,33,36). The molecule has 2 N–H and O–H groups in total. The van der Waals surface area contributed by atoms with Crippen molar-refractivity contribution >= 4 is 28.6 Å². The number of esters is 1. The zero-order chi connectivity index (χ0) is 27.7. The molecule has 1 amide bonds. The number of rotatable bonds is 7. The molecule has 0 aliphatic carbocycles. The number of hydrogen-bond donors (Lipinski definition) is 2. The van der Waals surface area contributed by atoms with Crippen molar-refractivity contribution < 1.29 is 14.3 Å². The zero-order valence-electron chi connectivity index (χ0n) is 22.2. The molecule has 0 radical (unpaired) electrons. The van der Waals surface area contributed by atoms with Gasteiger partial charge in [-0.05, 0) is 50.6 Å². The Hall–Kier alpha value is -4.92. The van der Waals surface area contributed by atoms with Crippen LogP contribution in [0.25, 0.3) is 28.1 Å². The van der Waals surface area contributed by atoms with Crippen molar-refractivity contribution in [2.75, 3.05) is 5.32 Å². The third kappa shape index (κ3) is 4.98. The van der Waals surface area contributed by atoms with Crippen LogP contribution < -0.4 is 10.9 Å². The highest BCUT2D eigenvalue weighted by Gasteiger charge is 2.26. The first-order valence-corrected chi connectivity index (χ1v) is 12.7. The SMILES string of the molecule is CCC(OC(=O)c1ccc2nc(-c3ccc(C)cc3)[nH]c2c1)C(=O)Nc1c(C)n(C)n(-c2ccccc2)c1=O. The number of nitrogens with zero attached hydrogens (tertiary/aromatic N) is 3. The average molecular weight is 524 g/mol. The molecule has 2 aromatic heterocycles. The largest absolute Gasteiger partial charge is 0.449 e. The maximum atomic E-state index is 13.2. The number of carbonyl (C=O) groups is 2. The Morgan fingerprint density at radius 1 is 1.03 bits per heavy atom. The number of para-hydroxylation sites is 1. The van der Waals surface area contributed by atoms with Crippen molar-refractivity contribution in [1.29, 1.82) is 0 Å². The number of H-pyrrole nitrogens is 1. The molecular formula is C30H29N5O4. The lowest BCUT2D eigenvalue weighted by Gasteiger charge is -2.15. The van der Waals surface area contributed by atoms with Gasteiger partial charge in [-0.3, -0.25) is 14.3 Å². The van der Waals surface area contributed by atoms with Gasteiger partial charge in [-0.2, -0.15) is 0 Å². The third-order valence-corrected chi connectivity index (χ3v) is 6.76. The number of nitrogens with one attached hydrogen (secondary N) is 2. The van der Waals surface area contributed by atoms with Gasteiger partial charge in [0, 0.05) is 12.6 Å². The van der Waals surface area contributed by atoms with Crippen molar-refractivity contribution in [1.82, 2.24) is 19.3 Å². The van der Waals surface area contributed by atoms with Crippen LogP contribution in [0.3, 0.4) is 0 Å². The number of imidazole rings is 1. The lowest BCUT2D eigenvalue weighted by molar-refractivity contribution is -0.124. The van der Waals surface area contributed by atoms with Crippen molar-refractivity contribution in [2.24, 2.45) is 7.05 Å². The van der Waals surface area contributed by atoms with Gasteiger partial charge >= 0.3 is 5.97 Å². The van der Waals surface area contributed by atoms with E-state index < -0.39 is 18.0 Å². The number of ether oxygens (including phenoxy) is 1. The molecule has 0 aliphatic rings. The van der Waals surface area contributed by atoms with E-state index in [0.29, 0.717) is 28.2 Å². The normalized spacial score (nSPS) is 11.9. The molecule has 0 aliphatic heterocycles. The molecule has 5 aromatic rings. The van der Waals surface area contributed by atoms with Gasteiger partial charge in [0.25, 0.3) is 11.5 Å². The van der Waals surface area contributed by atoms with Crippen LogP contribution in [0.1, 0.15) is 35.0 Å². The smallest absolute Gasteiger partial charge is 0.338 e. The van der Waals surface area contributed by atoms with Gasteiger partial charge in [-0.15, -0.1) is 0 Å². The van der Waals surface area contributed by atoms with Gasteiger partial charge in [0.2, 0.25) is 0 Å². The predicted octanol–water partition coefficient (Wildman–Crippen LogP) is 4.91. The second-order valence-electron chi connectivity index (χ2n) is 9.41. The fourth-order valence-corrected chi connectivity index (χ4v) is 4.42. The van der Waals surface area contributed by atoms with Crippen molar-refractivity contribution in [3.63, 3.8) is 0 Å². The number of aromatic nitrogens is 4. The van der Waals surface area contributed by atoms with E-state index in [9.17, 15) is 14.4 Å². The Balaban J connectivity index is 1.33. The van der Waals surface area contributed by atoms with E-state index in [4.69, 9.17) is 4.74 Å². The van der Waals surface area contributed by atoms with Crippen LogP contribution in [0.5, 0.6) is 0 Å². The van der Waals surface area contributed by atoms with Crippen LogP contribution in [0.2, 0.25) is 0 Å². The maximum absolute atomic E-state index is 13.2. The molecule has 0 spiro atoms. The summed E-state index contributed by atoms with van der Waals surface area (Å²) in [4.78, 5) is 47.1. The van der Waals surface area contributed by atoms with E-state index in [2.05, 4.69) is 15.3 Å². The molecule has 0 saturated carbocycles. The summed E-state index contributed by atoms with van der Waals surface area (Å²) in [5.74, 6) is -0.515. The average Bonchev–Trinajstić information content (AvgIpc) is 3.46. The summed E-state index contributed by atoms with van der Waals surface area (Å²) in [5, 5.41) is 2.69. The van der Waals surface area contributed by atoms with Gasteiger partial charge in [0.1, 0.15) is 11.5 Å². The molecular weight excluding hydrogens is 494 g/mol. The van der Waals surface area contributed by atoms with E-state index in [-0.39, 0.29) is 23.2 Å². The zero-order valence-corrected chi connectivity index (χ0v) is 22.2. The molecule has 5 rings (SSSR count). The minimum atomic E-state index is -1.08. The van der Waals surface area contributed by atoms with Gasteiger partial charge in [0.05, 0.1) is 28.0 Å². The number of aryl methyl sites for hydroxylation is 1. The predicted molar refractivity (Wildman–Crippen MR) is 150 cm³/mol. The van der Waals surface area contributed by atoms with Crippen molar-refractivity contribution in [3.8, 4) is 17.1 Å².